The van der Waals surface area contributed by atoms with Crippen LogP contribution in [0.4, 0.5) is 11.4 Å². The number of non-ortho nitro benzene ring substituents is 1. The zero-order chi connectivity index (χ0) is 16.7. The van der Waals surface area contributed by atoms with E-state index in [4.69, 9.17) is 5.26 Å². The van der Waals surface area contributed by atoms with Crippen molar-refractivity contribution in [1.29, 1.82) is 5.26 Å². The normalized spacial score (nSPS) is 14.7. The van der Waals surface area contributed by atoms with E-state index in [1.807, 2.05) is 6.07 Å². The van der Waals surface area contributed by atoms with Crippen molar-refractivity contribution in [3.8, 4) is 6.07 Å². The molecule has 0 unspecified atom stereocenters. The number of nitro groups is 1. The van der Waals surface area contributed by atoms with Crippen molar-refractivity contribution in [3.63, 3.8) is 0 Å². The third-order valence-electron chi connectivity index (χ3n) is 3.97. The van der Waals surface area contributed by atoms with Crippen LogP contribution in [0.15, 0.2) is 18.2 Å². The van der Waals surface area contributed by atoms with Gasteiger partial charge in [0, 0.05) is 31.1 Å². The molecule has 0 bridgehead atoms. The highest BCUT2D eigenvalue weighted by molar-refractivity contribution is 5.77. The van der Waals surface area contributed by atoms with Crippen LogP contribution in [-0.4, -0.2) is 23.4 Å². The van der Waals surface area contributed by atoms with Crippen molar-refractivity contribution >= 4 is 17.3 Å². The van der Waals surface area contributed by atoms with Crippen LogP contribution in [0.3, 0.4) is 0 Å². The molecule has 0 heterocycles. The van der Waals surface area contributed by atoms with Gasteiger partial charge in [0.05, 0.1) is 16.2 Å². The Kier molecular flexibility index (Phi) is 5.92. The quantitative estimate of drug-likeness (QED) is 0.619. The maximum absolute atomic E-state index is 11.9. The summed E-state index contributed by atoms with van der Waals surface area (Å²) in [5, 5.41) is 25.8. The van der Waals surface area contributed by atoms with E-state index in [9.17, 15) is 14.9 Å². The molecule has 1 fully saturated rings. The Morgan fingerprint density at radius 3 is 2.74 bits per heavy atom. The molecule has 0 spiro atoms. The first-order valence-electron chi connectivity index (χ1n) is 7.82. The van der Waals surface area contributed by atoms with Crippen molar-refractivity contribution in [2.45, 2.75) is 44.6 Å². The van der Waals surface area contributed by atoms with Gasteiger partial charge < -0.3 is 10.6 Å². The van der Waals surface area contributed by atoms with Crippen molar-refractivity contribution in [3.05, 3.63) is 33.9 Å². The van der Waals surface area contributed by atoms with Crippen LogP contribution >= 0.6 is 0 Å². The zero-order valence-corrected chi connectivity index (χ0v) is 12.9. The van der Waals surface area contributed by atoms with Crippen LogP contribution in [-0.2, 0) is 4.79 Å². The molecule has 122 valence electrons. The minimum atomic E-state index is -0.539. The summed E-state index contributed by atoms with van der Waals surface area (Å²) in [5.41, 5.74) is 0.581. The average Bonchev–Trinajstić information content (AvgIpc) is 2.55. The molecule has 1 amide bonds. The summed E-state index contributed by atoms with van der Waals surface area (Å²) in [6, 6.07) is 6.27. The highest BCUT2D eigenvalue weighted by Crippen LogP contribution is 2.21. The van der Waals surface area contributed by atoms with E-state index in [1.165, 1.54) is 24.6 Å². The molecule has 0 aliphatic heterocycles. The van der Waals surface area contributed by atoms with Gasteiger partial charge in [0.25, 0.3) is 5.69 Å². The third-order valence-corrected chi connectivity index (χ3v) is 3.97. The molecule has 0 aromatic heterocycles. The van der Waals surface area contributed by atoms with Gasteiger partial charge in [-0.05, 0) is 18.9 Å². The maximum Gasteiger partial charge on any atom is 0.270 e. The van der Waals surface area contributed by atoms with Gasteiger partial charge in [0.1, 0.15) is 6.07 Å². The summed E-state index contributed by atoms with van der Waals surface area (Å²) in [4.78, 5) is 22.1. The molecule has 0 saturated heterocycles. The van der Waals surface area contributed by atoms with Crippen LogP contribution in [0, 0.1) is 21.4 Å². The van der Waals surface area contributed by atoms with Crippen LogP contribution in [0.1, 0.15) is 44.1 Å². The number of rotatable bonds is 6. The second-order valence-electron chi connectivity index (χ2n) is 5.68. The standard InChI is InChI=1S/C16H20N4O3/c17-11-12-10-14(20(22)23)6-7-15(12)18-9-8-16(21)19-13-4-2-1-3-5-13/h6-7,10,13,18H,1-5,8-9H2,(H,19,21). The third kappa shape index (κ3) is 4.95. The van der Waals surface area contributed by atoms with E-state index in [0.717, 1.165) is 25.7 Å². The monoisotopic (exact) mass is 316 g/mol. The molecule has 0 atom stereocenters. The van der Waals surface area contributed by atoms with Gasteiger partial charge in [-0.2, -0.15) is 5.26 Å². The van der Waals surface area contributed by atoms with Gasteiger partial charge in [0.15, 0.2) is 0 Å². The van der Waals surface area contributed by atoms with Crippen LogP contribution in [0.5, 0.6) is 0 Å². The van der Waals surface area contributed by atoms with E-state index in [0.29, 0.717) is 18.7 Å². The number of nitrogens with zero attached hydrogens (tertiary/aromatic N) is 2. The van der Waals surface area contributed by atoms with Gasteiger partial charge in [-0.1, -0.05) is 19.3 Å². The molecule has 1 aliphatic carbocycles. The van der Waals surface area contributed by atoms with E-state index >= 15 is 0 Å². The Labute approximate surface area is 134 Å². The number of benzene rings is 1. The smallest absolute Gasteiger partial charge is 0.270 e. The molecular formula is C16H20N4O3. The van der Waals surface area contributed by atoms with E-state index < -0.39 is 4.92 Å². The highest BCUT2D eigenvalue weighted by atomic mass is 16.6. The second-order valence-corrected chi connectivity index (χ2v) is 5.68. The largest absolute Gasteiger partial charge is 0.383 e. The summed E-state index contributed by atoms with van der Waals surface area (Å²) >= 11 is 0. The van der Waals surface area contributed by atoms with Crippen molar-refractivity contribution in [2.75, 3.05) is 11.9 Å². The minimum Gasteiger partial charge on any atom is -0.383 e. The lowest BCUT2D eigenvalue weighted by Gasteiger charge is -2.22. The van der Waals surface area contributed by atoms with Crippen molar-refractivity contribution in [1.82, 2.24) is 5.32 Å². The first-order chi connectivity index (χ1) is 11.1. The Morgan fingerprint density at radius 2 is 2.09 bits per heavy atom. The number of nitrogens with one attached hydrogen (secondary N) is 2. The molecule has 2 N–H and O–H groups in total. The average molecular weight is 316 g/mol. The van der Waals surface area contributed by atoms with Gasteiger partial charge in [-0.25, -0.2) is 0 Å². The molecule has 1 aliphatic rings. The zero-order valence-electron chi connectivity index (χ0n) is 12.9. The molecule has 7 nitrogen and oxygen atoms in total. The highest BCUT2D eigenvalue weighted by Gasteiger charge is 2.15. The fraction of sp³-hybridized carbons (Fsp3) is 0.500. The topological polar surface area (TPSA) is 108 Å². The Hall–Kier alpha value is -2.62. The predicted molar refractivity (Wildman–Crippen MR) is 85.9 cm³/mol. The molecule has 1 aromatic rings. The molecule has 0 radical (unpaired) electrons. The van der Waals surface area contributed by atoms with Crippen molar-refractivity contribution in [2.24, 2.45) is 0 Å². The van der Waals surface area contributed by atoms with Crippen LogP contribution in [0.25, 0.3) is 0 Å². The first kappa shape index (κ1) is 16.7. The number of nitriles is 1. The van der Waals surface area contributed by atoms with E-state index in [-0.39, 0.29) is 23.2 Å². The summed E-state index contributed by atoms with van der Waals surface area (Å²) in [6.07, 6.45) is 5.96. The minimum absolute atomic E-state index is 0.00943. The lowest BCUT2D eigenvalue weighted by molar-refractivity contribution is -0.384. The number of hydrogen-bond acceptors (Lipinski definition) is 5. The van der Waals surface area contributed by atoms with E-state index in [1.54, 1.807) is 0 Å². The summed E-state index contributed by atoms with van der Waals surface area (Å²) in [7, 11) is 0. The van der Waals surface area contributed by atoms with Gasteiger partial charge in [0.2, 0.25) is 5.91 Å². The molecular weight excluding hydrogens is 296 g/mol. The second kappa shape index (κ2) is 8.13. The summed E-state index contributed by atoms with van der Waals surface area (Å²) in [6.45, 7) is 0.380. The lowest BCUT2D eigenvalue weighted by Crippen LogP contribution is -2.36. The molecule has 2 rings (SSSR count). The molecule has 23 heavy (non-hydrogen) atoms. The summed E-state index contributed by atoms with van der Waals surface area (Å²) < 4.78 is 0. The fourth-order valence-electron chi connectivity index (χ4n) is 2.75. The molecule has 1 aromatic carbocycles. The Bertz CT molecular complexity index is 618. The Balaban J connectivity index is 1.82. The number of carbonyl (C=O) groups excluding carboxylic acids is 1. The van der Waals surface area contributed by atoms with Crippen LogP contribution < -0.4 is 10.6 Å². The van der Waals surface area contributed by atoms with E-state index in [2.05, 4.69) is 10.6 Å². The van der Waals surface area contributed by atoms with Crippen molar-refractivity contribution < 1.29 is 9.72 Å². The van der Waals surface area contributed by atoms with Crippen LogP contribution in [0.2, 0.25) is 0 Å². The predicted octanol–water partition coefficient (Wildman–Crippen LogP) is 2.72. The van der Waals surface area contributed by atoms with Gasteiger partial charge in [-0.15, -0.1) is 0 Å². The number of carbonyl (C=O) groups is 1. The molecule has 1 saturated carbocycles. The Morgan fingerprint density at radius 1 is 1.35 bits per heavy atom. The SMILES string of the molecule is N#Cc1cc([N+](=O)[O-])ccc1NCCC(=O)NC1CCCCC1. The first-order valence-corrected chi connectivity index (χ1v) is 7.82. The number of nitro benzene ring substituents is 1. The number of amides is 1. The maximum atomic E-state index is 11.9. The number of hydrogen-bond donors (Lipinski definition) is 2. The fourth-order valence-corrected chi connectivity index (χ4v) is 2.75. The lowest BCUT2D eigenvalue weighted by atomic mass is 9.95. The summed E-state index contributed by atoms with van der Waals surface area (Å²) in [5.74, 6) is -0.00943. The number of anilines is 1. The van der Waals surface area contributed by atoms with Gasteiger partial charge in [-0.3, -0.25) is 14.9 Å². The van der Waals surface area contributed by atoms with Gasteiger partial charge >= 0.3 is 0 Å². The molecule has 7 heteroatoms.